The molecule has 1 aliphatic carbocycles. The van der Waals surface area contributed by atoms with Crippen molar-refractivity contribution in [2.45, 2.75) is 32.0 Å². The Balaban J connectivity index is 1.77. The highest BCUT2D eigenvalue weighted by molar-refractivity contribution is 5.39. The van der Waals surface area contributed by atoms with Gasteiger partial charge in [0.25, 0.3) is 5.69 Å². The molecule has 0 unspecified atom stereocenters. The average Bonchev–Trinajstić information content (AvgIpc) is 3.17. The normalized spacial score (nSPS) is 14.4. The van der Waals surface area contributed by atoms with E-state index in [-0.39, 0.29) is 10.6 Å². The van der Waals surface area contributed by atoms with Gasteiger partial charge in [-0.1, -0.05) is 18.2 Å². The fraction of sp³-hybridized carbons (Fsp3) is 0.417. The topological polar surface area (TPSA) is 98.8 Å². The number of aromatic nitrogens is 4. The van der Waals surface area contributed by atoms with Crippen LogP contribution >= 0.6 is 0 Å². The lowest BCUT2D eigenvalue weighted by Crippen LogP contribution is -2.19. The number of nitro benzene ring substituents is 1. The van der Waals surface area contributed by atoms with Crippen molar-refractivity contribution in [1.29, 1.82) is 0 Å². The minimum Gasteiger partial charge on any atom is -0.307 e. The largest absolute Gasteiger partial charge is 0.307 e. The van der Waals surface area contributed by atoms with Crippen LogP contribution in [-0.4, -0.2) is 31.2 Å². The first-order valence-electron chi connectivity index (χ1n) is 6.45. The molecule has 3 rings (SSSR count). The van der Waals surface area contributed by atoms with Gasteiger partial charge in [-0.3, -0.25) is 10.1 Å². The predicted molar refractivity (Wildman–Crippen MR) is 69.9 cm³/mol. The molecule has 2 aromatic rings. The van der Waals surface area contributed by atoms with E-state index in [2.05, 4.69) is 20.8 Å². The maximum absolute atomic E-state index is 11.0. The quantitative estimate of drug-likeness (QED) is 0.620. The van der Waals surface area contributed by atoms with E-state index >= 15 is 0 Å². The number of para-hydroxylation sites is 1. The van der Waals surface area contributed by atoms with Crippen molar-refractivity contribution in [2.24, 2.45) is 0 Å². The van der Waals surface area contributed by atoms with Crippen LogP contribution in [0.15, 0.2) is 24.3 Å². The van der Waals surface area contributed by atoms with E-state index in [9.17, 15) is 10.1 Å². The lowest BCUT2D eigenvalue weighted by atomic mass is 10.2. The Morgan fingerprint density at radius 3 is 2.95 bits per heavy atom. The molecule has 0 saturated heterocycles. The minimum absolute atomic E-state index is 0.0871. The van der Waals surface area contributed by atoms with Crippen LogP contribution in [0.5, 0.6) is 0 Å². The van der Waals surface area contributed by atoms with Crippen molar-refractivity contribution in [3.8, 4) is 0 Å². The van der Waals surface area contributed by atoms with Crippen LogP contribution in [0.2, 0.25) is 0 Å². The molecule has 0 spiro atoms. The van der Waals surface area contributed by atoms with Crippen molar-refractivity contribution in [3.63, 3.8) is 0 Å². The molecule has 1 heterocycles. The summed E-state index contributed by atoms with van der Waals surface area (Å²) in [7, 11) is 0. The summed E-state index contributed by atoms with van der Waals surface area (Å²) in [6, 6.07) is 7.19. The van der Waals surface area contributed by atoms with E-state index in [1.807, 2.05) is 0 Å². The zero-order chi connectivity index (χ0) is 13.9. The number of hydrogen-bond acceptors (Lipinski definition) is 6. The number of nitro groups is 1. The lowest BCUT2D eigenvalue weighted by Gasteiger charge is -2.06. The second-order valence-electron chi connectivity index (χ2n) is 4.79. The summed E-state index contributed by atoms with van der Waals surface area (Å²) >= 11 is 0. The summed E-state index contributed by atoms with van der Waals surface area (Å²) in [6.07, 6.45) is 2.37. The first-order chi connectivity index (χ1) is 9.74. The van der Waals surface area contributed by atoms with Gasteiger partial charge in [-0.2, -0.15) is 0 Å². The monoisotopic (exact) mass is 274 g/mol. The molecule has 1 saturated carbocycles. The smallest absolute Gasteiger partial charge is 0.274 e. The van der Waals surface area contributed by atoms with Crippen LogP contribution in [0.3, 0.4) is 0 Å². The maximum atomic E-state index is 11.0. The molecule has 0 radical (unpaired) electrons. The molecule has 1 aromatic carbocycles. The van der Waals surface area contributed by atoms with Crippen molar-refractivity contribution in [1.82, 2.24) is 25.5 Å². The van der Waals surface area contributed by atoms with E-state index < -0.39 is 0 Å². The molecule has 1 fully saturated rings. The average molecular weight is 274 g/mol. The third kappa shape index (κ3) is 2.80. The molecule has 20 heavy (non-hydrogen) atoms. The molecule has 1 aliphatic rings. The van der Waals surface area contributed by atoms with Gasteiger partial charge in [0.05, 0.1) is 23.6 Å². The van der Waals surface area contributed by atoms with Crippen LogP contribution in [0.4, 0.5) is 5.69 Å². The number of rotatable bonds is 6. The molecule has 0 amide bonds. The zero-order valence-corrected chi connectivity index (χ0v) is 10.8. The third-order valence-electron chi connectivity index (χ3n) is 3.24. The molecule has 1 aromatic heterocycles. The molecular weight excluding hydrogens is 260 g/mol. The third-order valence-corrected chi connectivity index (χ3v) is 3.24. The Hall–Kier alpha value is -2.35. The Bertz CT molecular complexity index is 622. The second-order valence-corrected chi connectivity index (χ2v) is 4.79. The van der Waals surface area contributed by atoms with E-state index in [1.54, 1.807) is 22.9 Å². The van der Waals surface area contributed by atoms with Gasteiger partial charge < -0.3 is 5.32 Å². The molecule has 8 nitrogen and oxygen atoms in total. The van der Waals surface area contributed by atoms with Gasteiger partial charge in [-0.25, -0.2) is 4.68 Å². The summed E-state index contributed by atoms with van der Waals surface area (Å²) in [4.78, 5) is 10.6. The Morgan fingerprint density at radius 2 is 2.20 bits per heavy atom. The molecule has 0 aliphatic heterocycles. The summed E-state index contributed by atoms with van der Waals surface area (Å²) in [5, 5.41) is 25.8. The molecule has 104 valence electrons. The van der Waals surface area contributed by atoms with Crippen LogP contribution in [0.1, 0.15) is 24.2 Å². The van der Waals surface area contributed by atoms with E-state index in [4.69, 9.17) is 0 Å². The van der Waals surface area contributed by atoms with Gasteiger partial charge in [0.1, 0.15) is 0 Å². The molecule has 1 N–H and O–H groups in total. The van der Waals surface area contributed by atoms with Gasteiger partial charge in [0.15, 0.2) is 5.82 Å². The number of tetrazole rings is 1. The summed E-state index contributed by atoms with van der Waals surface area (Å²) in [5.74, 6) is 0.690. The van der Waals surface area contributed by atoms with Gasteiger partial charge in [0, 0.05) is 12.1 Å². The lowest BCUT2D eigenvalue weighted by molar-refractivity contribution is -0.385. The van der Waals surface area contributed by atoms with Crippen molar-refractivity contribution >= 4 is 5.69 Å². The van der Waals surface area contributed by atoms with Crippen LogP contribution in [-0.2, 0) is 13.1 Å². The van der Waals surface area contributed by atoms with Crippen molar-refractivity contribution in [2.75, 3.05) is 0 Å². The number of nitrogens with one attached hydrogen (secondary N) is 1. The molecular formula is C12H14N6O2. The second kappa shape index (κ2) is 5.33. The standard InChI is InChI=1S/C12H14N6O2/c19-18(20)11-4-2-1-3-9(11)8-17-12(14-15-16-17)7-13-10-5-6-10/h1-4,10,13H,5-8H2. The highest BCUT2D eigenvalue weighted by atomic mass is 16.6. The highest BCUT2D eigenvalue weighted by Gasteiger charge is 2.21. The Morgan fingerprint density at radius 1 is 1.40 bits per heavy atom. The van der Waals surface area contributed by atoms with E-state index in [1.165, 1.54) is 18.9 Å². The van der Waals surface area contributed by atoms with Gasteiger partial charge in [0.2, 0.25) is 0 Å². The van der Waals surface area contributed by atoms with Gasteiger partial charge in [-0.15, -0.1) is 5.10 Å². The SMILES string of the molecule is O=[N+]([O-])c1ccccc1Cn1nnnc1CNC1CC1. The Labute approximate surface area is 114 Å². The van der Waals surface area contributed by atoms with Crippen LogP contribution in [0.25, 0.3) is 0 Å². The van der Waals surface area contributed by atoms with Gasteiger partial charge >= 0.3 is 0 Å². The molecule has 0 atom stereocenters. The zero-order valence-electron chi connectivity index (χ0n) is 10.8. The van der Waals surface area contributed by atoms with Crippen LogP contribution < -0.4 is 5.32 Å². The number of hydrogen-bond donors (Lipinski definition) is 1. The molecule has 8 heteroatoms. The summed E-state index contributed by atoms with van der Waals surface area (Å²) in [6.45, 7) is 0.879. The van der Waals surface area contributed by atoms with E-state index in [0.717, 1.165) is 0 Å². The highest BCUT2D eigenvalue weighted by Crippen LogP contribution is 2.20. The number of benzene rings is 1. The van der Waals surface area contributed by atoms with Crippen molar-refractivity contribution in [3.05, 3.63) is 45.8 Å². The van der Waals surface area contributed by atoms with Crippen molar-refractivity contribution < 1.29 is 4.92 Å². The number of nitrogens with zero attached hydrogens (tertiary/aromatic N) is 5. The Kier molecular flexibility index (Phi) is 3.38. The van der Waals surface area contributed by atoms with Crippen LogP contribution in [0, 0.1) is 10.1 Å². The fourth-order valence-corrected chi connectivity index (χ4v) is 1.98. The first-order valence-corrected chi connectivity index (χ1v) is 6.45. The summed E-state index contributed by atoms with van der Waals surface area (Å²) < 4.78 is 1.59. The van der Waals surface area contributed by atoms with E-state index in [0.29, 0.717) is 30.5 Å². The maximum Gasteiger partial charge on any atom is 0.274 e. The predicted octanol–water partition coefficient (Wildman–Crippen LogP) is 0.882. The first kappa shape index (κ1) is 12.7. The summed E-state index contributed by atoms with van der Waals surface area (Å²) in [5.41, 5.74) is 0.682. The minimum atomic E-state index is -0.387. The fourth-order valence-electron chi connectivity index (χ4n) is 1.98. The van der Waals surface area contributed by atoms with Gasteiger partial charge in [-0.05, 0) is 23.3 Å². The molecule has 0 bridgehead atoms.